The third-order valence-electron chi connectivity index (χ3n) is 1.22. The molecule has 0 saturated carbocycles. The molecule has 0 unspecified atom stereocenters. The topological polar surface area (TPSA) is 76.2 Å². The standard InChI is InChI=1S/C8H8N2O2/c9-5-8(11)12-7-3-1-6(10)2-4-7/h1-5,9H,10H2. The zero-order valence-electron chi connectivity index (χ0n) is 6.28. The molecule has 0 aliphatic heterocycles. The van der Waals surface area contributed by atoms with E-state index in [1.54, 1.807) is 24.3 Å². The first-order valence-electron chi connectivity index (χ1n) is 3.30. The summed E-state index contributed by atoms with van der Waals surface area (Å²) in [6.45, 7) is 0. The van der Waals surface area contributed by atoms with Crippen LogP contribution in [0, 0.1) is 5.41 Å². The molecule has 3 N–H and O–H groups in total. The fourth-order valence-corrected chi connectivity index (χ4v) is 0.681. The molecule has 0 radical (unpaired) electrons. The van der Waals surface area contributed by atoms with Gasteiger partial charge in [0.25, 0.3) is 0 Å². The Balaban J connectivity index is 2.71. The highest BCUT2D eigenvalue weighted by atomic mass is 16.5. The fourth-order valence-electron chi connectivity index (χ4n) is 0.681. The highest BCUT2D eigenvalue weighted by Gasteiger charge is 1.98. The number of nitrogens with two attached hydrogens (primary N) is 1. The van der Waals surface area contributed by atoms with Crippen LogP contribution in [0.2, 0.25) is 0 Å². The van der Waals surface area contributed by atoms with Gasteiger partial charge in [-0.1, -0.05) is 0 Å². The van der Waals surface area contributed by atoms with Gasteiger partial charge in [0.05, 0.1) is 0 Å². The SMILES string of the molecule is N=CC(=O)Oc1ccc(N)cc1. The van der Waals surface area contributed by atoms with Crippen molar-refractivity contribution < 1.29 is 9.53 Å². The molecule has 4 heteroatoms. The Morgan fingerprint density at radius 1 is 1.42 bits per heavy atom. The molecule has 0 saturated heterocycles. The summed E-state index contributed by atoms with van der Waals surface area (Å²) in [4.78, 5) is 10.6. The maximum Gasteiger partial charge on any atom is 0.354 e. The van der Waals surface area contributed by atoms with Crippen molar-refractivity contribution in [2.45, 2.75) is 0 Å². The molecular formula is C8H8N2O2. The smallest absolute Gasteiger partial charge is 0.354 e. The summed E-state index contributed by atoms with van der Waals surface area (Å²) < 4.78 is 4.68. The molecule has 0 aromatic heterocycles. The number of nitrogens with one attached hydrogen (secondary N) is 1. The average Bonchev–Trinajstić information content (AvgIpc) is 2.09. The van der Waals surface area contributed by atoms with Crippen molar-refractivity contribution >= 4 is 17.9 Å². The molecular weight excluding hydrogens is 156 g/mol. The number of carbonyl (C=O) groups is 1. The maximum absolute atomic E-state index is 10.6. The molecule has 1 aromatic rings. The number of esters is 1. The lowest BCUT2D eigenvalue weighted by molar-refractivity contribution is -0.126. The van der Waals surface area contributed by atoms with Gasteiger partial charge in [0.1, 0.15) is 12.0 Å². The lowest BCUT2D eigenvalue weighted by Gasteiger charge is -1.99. The highest BCUT2D eigenvalue weighted by molar-refractivity contribution is 6.22. The van der Waals surface area contributed by atoms with E-state index < -0.39 is 5.97 Å². The zero-order valence-corrected chi connectivity index (χ0v) is 6.28. The van der Waals surface area contributed by atoms with E-state index in [9.17, 15) is 4.79 Å². The Labute approximate surface area is 69.5 Å². The quantitative estimate of drug-likeness (QED) is 0.294. The second-order valence-electron chi connectivity index (χ2n) is 2.13. The molecule has 0 fully saturated rings. The van der Waals surface area contributed by atoms with Crippen molar-refractivity contribution in [1.82, 2.24) is 0 Å². The molecule has 0 atom stereocenters. The molecule has 0 bridgehead atoms. The highest BCUT2D eigenvalue weighted by Crippen LogP contribution is 2.12. The molecule has 0 amide bonds. The van der Waals surface area contributed by atoms with Crippen molar-refractivity contribution in [1.29, 1.82) is 5.41 Å². The molecule has 0 aliphatic carbocycles. The molecule has 1 rings (SSSR count). The first-order valence-corrected chi connectivity index (χ1v) is 3.30. The van der Waals surface area contributed by atoms with Gasteiger partial charge in [-0.15, -0.1) is 0 Å². The normalized spacial score (nSPS) is 9.00. The number of hydrogen-bond donors (Lipinski definition) is 2. The van der Waals surface area contributed by atoms with Crippen molar-refractivity contribution in [2.75, 3.05) is 5.73 Å². The van der Waals surface area contributed by atoms with E-state index in [4.69, 9.17) is 11.1 Å². The maximum atomic E-state index is 10.6. The Hall–Kier alpha value is -1.84. The molecule has 0 heterocycles. The first kappa shape index (κ1) is 8.26. The van der Waals surface area contributed by atoms with Gasteiger partial charge in [-0.2, -0.15) is 0 Å². The van der Waals surface area contributed by atoms with Gasteiger partial charge < -0.3 is 15.9 Å². The van der Waals surface area contributed by atoms with Crippen molar-refractivity contribution in [3.63, 3.8) is 0 Å². The van der Waals surface area contributed by atoms with E-state index in [-0.39, 0.29) is 0 Å². The van der Waals surface area contributed by atoms with Crippen LogP contribution in [0.3, 0.4) is 0 Å². The number of nitrogen functional groups attached to an aromatic ring is 1. The van der Waals surface area contributed by atoms with E-state index in [2.05, 4.69) is 4.74 Å². The van der Waals surface area contributed by atoms with Gasteiger partial charge in [-0.25, -0.2) is 4.79 Å². The van der Waals surface area contributed by atoms with Crippen molar-refractivity contribution in [3.05, 3.63) is 24.3 Å². The number of hydrogen-bond acceptors (Lipinski definition) is 4. The Bertz CT molecular complexity index is 292. The summed E-state index contributed by atoms with van der Waals surface area (Å²) in [6, 6.07) is 6.37. The van der Waals surface area contributed by atoms with Crippen molar-refractivity contribution in [2.24, 2.45) is 0 Å². The van der Waals surface area contributed by atoms with Gasteiger partial charge >= 0.3 is 5.97 Å². The molecule has 12 heavy (non-hydrogen) atoms. The van der Waals surface area contributed by atoms with E-state index in [1.807, 2.05) is 0 Å². The summed E-state index contributed by atoms with van der Waals surface area (Å²) in [5.74, 6) is -0.308. The summed E-state index contributed by atoms with van der Waals surface area (Å²) in [5, 5.41) is 6.58. The Kier molecular flexibility index (Phi) is 2.42. The molecule has 62 valence electrons. The van der Waals surface area contributed by atoms with Crippen LogP contribution < -0.4 is 10.5 Å². The number of rotatable bonds is 2. The van der Waals surface area contributed by atoms with Crippen LogP contribution in [0.1, 0.15) is 0 Å². The zero-order chi connectivity index (χ0) is 8.97. The summed E-state index contributed by atoms with van der Waals surface area (Å²) >= 11 is 0. The fraction of sp³-hybridized carbons (Fsp3) is 0. The summed E-state index contributed by atoms with van der Waals surface area (Å²) in [5.41, 5.74) is 6.01. The molecule has 0 aliphatic rings. The minimum absolute atomic E-state index is 0.387. The Morgan fingerprint density at radius 3 is 2.50 bits per heavy atom. The first-order chi connectivity index (χ1) is 5.72. The van der Waals surface area contributed by atoms with Crippen molar-refractivity contribution in [3.8, 4) is 5.75 Å². The largest absolute Gasteiger partial charge is 0.422 e. The lowest BCUT2D eigenvalue weighted by atomic mass is 10.3. The van der Waals surface area contributed by atoms with Crippen LogP contribution in [0.5, 0.6) is 5.75 Å². The predicted molar refractivity (Wildman–Crippen MR) is 45.3 cm³/mol. The second-order valence-corrected chi connectivity index (χ2v) is 2.13. The minimum Gasteiger partial charge on any atom is -0.422 e. The molecule has 1 aromatic carbocycles. The van der Waals surface area contributed by atoms with Crippen LogP contribution >= 0.6 is 0 Å². The lowest BCUT2D eigenvalue weighted by Crippen LogP contribution is -2.07. The van der Waals surface area contributed by atoms with E-state index in [0.29, 0.717) is 17.7 Å². The number of carbonyl (C=O) groups excluding carboxylic acids is 1. The van der Waals surface area contributed by atoms with Gasteiger partial charge in [-0.3, -0.25) is 0 Å². The van der Waals surface area contributed by atoms with Crippen LogP contribution in [-0.2, 0) is 4.79 Å². The number of benzene rings is 1. The van der Waals surface area contributed by atoms with Crippen LogP contribution in [-0.4, -0.2) is 12.2 Å². The predicted octanol–water partition coefficient (Wildman–Crippen LogP) is 0.824. The van der Waals surface area contributed by atoms with Gasteiger partial charge in [0, 0.05) is 5.69 Å². The third-order valence-corrected chi connectivity index (χ3v) is 1.22. The van der Waals surface area contributed by atoms with Gasteiger partial charge in [0.2, 0.25) is 0 Å². The average molecular weight is 164 g/mol. The van der Waals surface area contributed by atoms with Crippen LogP contribution in [0.25, 0.3) is 0 Å². The van der Waals surface area contributed by atoms with Crippen LogP contribution in [0.15, 0.2) is 24.3 Å². The van der Waals surface area contributed by atoms with Gasteiger partial charge in [0.15, 0.2) is 0 Å². The molecule has 0 spiro atoms. The summed E-state index contributed by atoms with van der Waals surface area (Å²) in [7, 11) is 0. The summed E-state index contributed by atoms with van der Waals surface area (Å²) in [6.07, 6.45) is 0.607. The minimum atomic E-state index is -0.695. The third kappa shape index (κ3) is 2.09. The second kappa shape index (κ2) is 3.52. The van der Waals surface area contributed by atoms with E-state index in [1.165, 1.54) is 0 Å². The van der Waals surface area contributed by atoms with Crippen LogP contribution in [0.4, 0.5) is 5.69 Å². The monoisotopic (exact) mass is 164 g/mol. The Morgan fingerprint density at radius 2 is 2.00 bits per heavy atom. The van der Waals surface area contributed by atoms with E-state index >= 15 is 0 Å². The molecule has 4 nitrogen and oxygen atoms in total. The van der Waals surface area contributed by atoms with Gasteiger partial charge in [-0.05, 0) is 24.3 Å². The number of anilines is 1. The number of ether oxygens (including phenoxy) is 1. The van der Waals surface area contributed by atoms with E-state index in [0.717, 1.165) is 0 Å².